The number of hydrogen-bond acceptors (Lipinski definition) is 3. The molecule has 0 spiro atoms. The zero-order chi connectivity index (χ0) is 9.84. The van der Waals surface area contributed by atoms with Gasteiger partial charge in [0, 0.05) is 11.3 Å². The summed E-state index contributed by atoms with van der Waals surface area (Å²) in [5, 5.41) is 3.89. The maximum atomic E-state index is 11.0. The van der Waals surface area contributed by atoms with Crippen LogP contribution in [-0.4, -0.2) is 10.9 Å². The van der Waals surface area contributed by atoms with Crippen LogP contribution in [0.4, 0.5) is 0 Å². The zero-order valence-electron chi connectivity index (χ0n) is 8.18. The minimum absolute atomic E-state index is 0.0884. The maximum Gasteiger partial charge on any atom is 0.220 e. The van der Waals surface area contributed by atoms with Crippen LogP contribution in [0.3, 0.4) is 0 Å². The predicted molar refractivity (Wildman–Crippen MR) is 53.7 cm³/mol. The molecule has 0 saturated carbocycles. The first-order chi connectivity index (χ1) is 6.13. The van der Waals surface area contributed by atoms with E-state index in [2.05, 4.69) is 10.3 Å². The first-order valence-electron chi connectivity index (χ1n) is 4.33. The van der Waals surface area contributed by atoms with Gasteiger partial charge in [0.05, 0.1) is 17.2 Å². The summed E-state index contributed by atoms with van der Waals surface area (Å²) in [6, 6.07) is 0. The molecular weight excluding hydrogens is 184 g/mol. The predicted octanol–water partition coefficient (Wildman–Crippen LogP) is 1.79. The Balaban J connectivity index is 2.54. The average Bonchev–Trinajstić information content (AvgIpc) is 2.41. The SMILES string of the molecule is CCC(=O)NCc1sc(C)nc1C. The Morgan fingerprint density at radius 2 is 2.23 bits per heavy atom. The molecule has 1 aromatic rings. The Kier molecular flexibility index (Phi) is 3.42. The molecule has 0 unspecified atom stereocenters. The van der Waals surface area contributed by atoms with Crippen LogP contribution in [0.15, 0.2) is 0 Å². The molecule has 0 aromatic carbocycles. The molecule has 72 valence electrons. The molecule has 0 aliphatic rings. The van der Waals surface area contributed by atoms with Crippen molar-refractivity contribution in [2.75, 3.05) is 0 Å². The Morgan fingerprint density at radius 1 is 1.54 bits per heavy atom. The van der Waals surface area contributed by atoms with Gasteiger partial charge >= 0.3 is 0 Å². The summed E-state index contributed by atoms with van der Waals surface area (Å²) in [6.45, 7) is 6.41. The molecule has 1 heterocycles. The third kappa shape index (κ3) is 2.81. The number of aromatic nitrogens is 1. The molecular formula is C9H14N2OS. The van der Waals surface area contributed by atoms with Gasteiger partial charge in [0.2, 0.25) is 5.91 Å². The number of rotatable bonds is 3. The van der Waals surface area contributed by atoms with E-state index in [0.717, 1.165) is 15.6 Å². The summed E-state index contributed by atoms with van der Waals surface area (Å²) in [5.41, 5.74) is 1.03. The first kappa shape index (κ1) is 10.2. The number of thiazole rings is 1. The van der Waals surface area contributed by atoms with E-state index in [9.17, 15) is 4.79 Å². The van der Waals surface area contributed by atoms with Crippen molar-refractivity contribution in [2.24, 2.45) is 0 Å². The molecule has 3 nitrogen and oxygen atoms in total. The second-order valence-corrected chi connectivity index (χ2v) is 4.16. The van der Waals surface area contributed by atoms with E-state index in [4.69, 9.17) is 0 Å². The van der Waals surface area contributed by atoms with Gasteiger partial charge in [0.25, 0.3) is 0 Å². The van der Waals surface area contributed by atoms with Crippen molar-refractivity contribution in [1.82, 2.24) is 10.3 Å². The molecule has 1 amide bonds. The van der Waals surface area contributed by atoms with Gasteiger partial charge < -0.3 is 5.32 Å². The summed E-state index contributed by atoms with van der Waals surface area (Å²) < 4.78 is 0. The zero-order valence-corrected chi connectivity index (χ0v) is 8.99. The van der Waals surface area contributed by atoms with Gasteiger partial charge in [-0.05, 0) is 13.8 Å². The highest BCUT2D eigenvalue weighted by Gasteiger charge is 2.05. The summed E-state index contributed by atoms with van der Waals surface area (Å²) >= 11 is 1.64. The van der Waals surface area contributed by atoms with Crippen molar-refractivity contribution < 1.29 is 4.79 Å². The molecule has 4 heteroatoms. The van der Waals surface area contributed by atoms with Crippen molar-refractivity contribution in [3.05, 3.63) is 15.6 Å². The summed E-state index contributed by atoms with van der Waals surface area (Å²) in [5.74, 6) is 0.0884. The molecule has 1 aromatic heterocycles. The van der Waals surface area contributed by atoms with Crippen molar-refractivity contribution >= 4 is 17.2 Å². The van der Waals surface area contributed by atoms with Crippen molar-refractivity contribution in [2.45, 2.75) is 33.7 Å². The number of aryl methyl sites for hydroxylation is 2. The van der Waals surface area contributed by atoms with Crippen LogP contribution in [0.2, 0.25) is 0 Å². The Bertz CT molecular complexity index is 307. The van der Waals surface area contributed by atoms with E-state index in [1.807, 2.05) is 20.8 Å². The molecule has 0 saturated heterocycles. The van der Waals surface area contributed by atoms with E-state index < -0.39 is 0 Å². The van der Waals surface area contributed by atoms with Gasteiger partial charge in [-0.2, -0.15) is 0 Å². The summed E-state index contributed by atoms with van der Waals surface area (Å²) in [4.78, 5) is 16.4. The number of carbonyl (C=O) groups excluding carboxylic acids is 1. The van der Waals surface area contributed by atoms with E-state index in [0.29, 0.717) is 13.0 Å². The number of nitrogens with zero attached hydrogens (tertiary/aromatic N) is 1. The van der Waals surface area contributed by atoms with Crippen LogP contribution in [0.1, 0.15) is 28.9 Å². The first-order valence-corrected chi connectivity index (χ1v) is 5.14. The number of carbonyl (C=O) groups is 1. The minimum Gasteiger partial charge on any atom is -0.351 e. The van der Waals surface area contributed by atoms with E-state index in [1.165, 1.54) is 0 Å². The molecule has 1 rings (SSSR count). The lowest BCUT2D eigenvalue weighted by Crippen LogP contribution is -2.21. The molecule has 0 radical (unpaired) electrons. The van der Waals surface area contributed by atoms with Crippen LogP contribution in [-0.2, 0) is 11.3 Å². The monoisotopic (exact) mass is 198 g/mol. The summed E-state index contributed by atoms with van der Waals surface area (Å²) in [7, 11) is 0. The Labute approximate surface area is 82.2 Å². The minimum atomic E-state index is 0.0884. The maximum absolute atomic E-state index is 11.0. The highest BCUT2D eigenvalue weighted by molar-refractivity contribution is 7.11. The van der Waals surface area contributed by atoms with Gasteiger partial charge in [-0.1, -0.05) is 6.92 Å². The lowest BCUT2D eigenvalue weighted by atomic mass is 10.3. The lowest BCUT2D eigenvalue weighted by molar-refractivity contribution is -0.120. The van der Waals surface area contributed by atoms with Gasteiger partial charge in [-0.3, -0.25) is 4.79 Å². The normalized spacial score (nSPS) is 10.1. The van der Waals surface area contributed by atoms with Crippen LogP contribution >= 0.6 is 11.3 Å². The molecule has 1 N–H and O–H groups in total. The van der Waals surface area contributed by atoms with Crippen LogP contribution in [0.25, 0.3) is 0 Å². The highest BCUT2D eigenvalue weighted by Crippen LogP contribution is 2.16. The van der Waals surface area contributed by atoms with Gasteiger partial charge in [-0.25, -0.2) is 4.98 Å². The van der Waals surface area contributed by atoms with Crippen LogP contribution in [0.5, 0.6) is 0 Å². The molecule has 13 heavy (non-hydrogen) atoms. The largest absolute Gasteiger partial charge is 0.351 e. The molecule has 0 atom stereocenters. The Hall–Kier alpha value is -0.900. The van der Waals surface area contributed by atoms with E-state index >= 15 is 0 Å². The fourth-order valence-corrected chi connectivity index (χ4v) is 1.92. The standard InChI is InChI=1S/C9H14N2OS/c1-4-9(12)10-5-8-6(2)11-7(3)13-8/h4-5H2,1-3H3,(H,10,12). The highest BCUT2D eigenvalue weighted by atomic mass is 32.1. The number of nitrogens with one attached hydrogen (secondary N) is 1. The van der Waals surface area contributed by atoms with E-state index in [1.54, 1.807) is 11.3 Å². The van der Waals surface area contributed by atoms with Crippen LogP contribution in [0, 0.1) is 13.8 Å². The lowest BCUT2D eigenvalue weighted by Gasteiger charge is -2.00. The molecule has 0 fully saturated rings. The van der Waals surface area contributed by atoms with Gasteiger partial charge in [-0.15, -0.1) is 11.3 Å². The van der Waals surface area contributed by atoms with Gasteiger partial charge in [0.15, 0.2) is 0 Å². The topological polar surface area (TPSA) is 42.0 Å². The third-order valence-corrected chi connectivity index (χ3v) is 2.84. The molecule has 0 aliphatic carbocycles. The van der Waals surface area contributed by atoms with Crippen molar-refractivity contribution in [3.8, 4) is 0 Å². The molecule has 0 bridgehead atoms. The Morgan fingerprint density at radius 3 is 2.69 bits per heavy atom. The fourth-order valence-electron chi connectivity index (χ4n) is 1.04. The smallest absolute Gasteiger partial charge is 0.220 e. The average molecular weight is 198 g/mol. The van der Waals surface area contributed by atoms with E-state index in [-0.39, 0.29) is 5.91 Å². The number of amides is 1. The number of hydrogen-bond donors (Lipinski definition) is 1. The van der Waals surface area contributed by atoms with Crippen molar-refractivity contribution in [1.29, 1.82) is 0 Å². The van der Waals surface area contributed by atoms with Gasteiger partial charge in [0.1, 0.15) is 0 Å². The third-order valence-electron chi connectivity index (χ3n) is 1.77. The molecule has 0 aliphatic heterocycles. The quantitative estimate of drug-likeness (QED) is 0.804. The second kappa shape index (κ2) is 4.37. The van der Waals surface area contributed by atoms with Crippen molar-refractivity contribution in [3.63, 3.8) is 0 Å². The van der Waals surface area contributed by atoms with Crippen LogP contribution < -0.4 is 5.32 Å². The summed E-state index contributed by atoms with van der Waals surface area (Å²) in [6.07, 6.45) is 0.539. The second-order valence-electron chi connectivity index (χ2n) is 2.87. The fraction of sp³-hybridized carbons (Fsp3) is 0.556.